The van der Waals surface area contributed by atoms with E-state index in [-0.39, 0.29) is 17.2 Å². The third kappa shape index (κ3) is 2.81. The Hall–Kier alpha value is -2.68. The Labute approximate surface area is 159 Å². The first-order chi connectivity index (χ1) is 13.1. The van der Waals surface area contributed by atoms with Gasteiger partial charge in [0.1, 0.15) is 11.3 Å². The first-order valence-corrected chi connectivity index (χ1v) is 9.25. The highest BCUT2D eigenvalue weighted by Gasteiger charge is 2.34. The Balaban J connectivity index is 2.00. The largest absolute Gasteiger partial charge is 0.477 e. The molecular formula is C19H22F2N4O3. The van der Waals surface area contributed by atoms with E-state index in [2.05, 4.69) is 0 Å². The number of carbonyl (C=O) groups is 1. The Morgan fingerprint density at radius 2 is 1.86 bits per heavy atom. The lowest BCUT2D eigenvalue weighted by atomic mass is 9.90. The normalized spacial score (nSPS) is 19.2. The fourth-order valence-electron chi connectivity index (χ4n) is 3.86. The van der Waals surface area contributed by atoms with Crippen molar-refractivity contribution in [3.63, 3.8) is 0 Å². The molecule has 1 aliphatic heterocycles. The van der Waals surface area contributed by atoms with Gasteiger partial charge in [0.25, 0.3) is 0 Å². The monoisotopic (exact) mass is 392 g/mol. The van der Waals surface area contributed by atoms with E-state index in [1.165, 1.54) is 4.57 Å². The molecule has 0 amide bonds. The van der Waals surface area contributed by atoms with E-state index in [1.54, 1.807) is 4.90 Å². The summed E-state index contributed by atoms with van der Waals surface area (Å²) in [4.78, 5) is 25.6. The SMILES string of the molecule is CC1(N)CCN(c2c(F)c(N)c3c(=O)c(C(=O)O)cn(C4CC4)c3c2F)CC1. The summed E-state index contributed by atoms with van der Waals surface area (Å²) in [5, 5.41) is 8.92. The van der Waals surface area contributed by atoms with Crippen LogP contribution in [-0.2, 0) is 0 Å². The number of aromatic carboxylic acids is 1. The van der Waals surface area contributed by atoms with Crippen LogP contribution in [0.1, 0.15) is 49.0 Å². The average Bonchev–Trinajstić information content (AvgIpc) is 3.45. The summed E-state index contributed by atoms with van der Waals surface area (Å²) in [6.45, 7) is 2.60. The number of nitrogens with two attached hydrogens (primary N) is 2. The van der Waals surface area contributed by atoms with Crippen molar-refractivity contribution >= 4 is 28.2 Å². The number of nitrogens with zero attached hydrogens (tertiary/aromatic N) is 2. The number of piperidine rings is 1. The topological polar surface area (TPSA) is 115 Å². The smallest absolute Gasteiger partial charge is 0.341 e. The summed E-state index contributed by atoms with van der Waals surface area (Å²) in [5.74, 6) is -3.38. The van der Waals surface area contributed by atoms with Crippen LogP contribution in [0.15, 0.2) is 11.0 Å². The molecule has 28 heavy (non-hydrogen) atoms. The lowest BCUT2D eigenvalue weighted by Gasteiger charge is -2.38. The van der Waals surface area contributed by atoms with Crippen LogP contribution in [0.4, 0.5) is 20.2 Å². The standard InChI is InChI=1S/C19H22F2N4O3/c1-19(23)4-6-24(7-5-19)16-12(20)14(22)11-15(13(16)21)25(9-2-3-9)8-10(17(11)26)18(27)28/h8-9H,2-7,22-23H2,1H3,(H,27,28). The van der Waals surface area contributed by atoms with Crippen molar-refractivity contribution in [1.29, 1.82) is 0 Å². The van der Waals surface area contributed by atoms with E-state index in [1.807, 2.05) is 6.92 Å². The number of anilines is 2. The zero-order valence-corrected chi connectivity index (χ0v) is 15.5. The predicted octanol–water partition coefficient (Wildman–Crippen LogP) is 2.21. The molecule has 1 aromatic carbocycles. The minimum absolute atomic E-state index is 0.132. The lowest BCUT2D eigenvalue weighted by molar-refractivity contribution is 0.0695. The molecular weight excluding hydrogens is 370 g/mol. The molecule has 0 atom stereocenters. The summed E-state index contributed by atoms with van der Waals surface area (Å²) >= 11 is 0. The molecule has 2 heterocycles. The van der Waals surface area contributed by atoms with Crippen molar-refractivity contribution in [1.82, 2.24) is 4.57 Å². The summed E-state index contributed by atoms with van der Waals surface area (Å²) in [7, 11) is 0. The highest BCUT2D eigenvalue weighted by molar-refractivity contribution is 5.99. The molecule has 0 unspecified atom stereocenters. The number of nitrogen functional groups attached to an aromatic ring is 1. The Kier molecular flexibility index (Phi) is 4.11. The van der Waals surface area contributed by atoms with E-state index in [0.717, 1.165) is 19.0 Å². The third-order valence-corrected chi connectivity index (χ3v) is 5.76. The van der Waals surface area contributed by atoms with Crippen molar-refractivity contribution in [3.8, 4) is 0 Å². The van der Waals surface area contributed by atoms with Crippen LogP contribution < -0.4 is 21.8 Å². The fourth-order valence-corrected chi connectivity index (χ4v) is 3.86. The van der Waals surface area contributed by atoms with E-state index in [9.17, 15) is 14.7 Å². The van der Waals surface area contributed by atoms with Crippen molar-refractivity contribution in [2.75, 3.05) is 23.7 Å². The summed E-state index contributed by atoms with van der Waals surface area (Å²) in [6.07, 6.45) is 3.69. The summed E-state index contributed by atoms with van der Waals surface area (Å²) in [6, 6.07) is -0.137. The van der Waals surface area contributed by atoms with Crippen molar-refractivity contribution in [2.24, 2.45) is 5.73 Å². The molecule has 0 spiro atoms. The van der Waals surface area contributed by atoms with Crippen LogP contribution in [0.2, 0.25) is 0 Å². The van der Waals surface area contributed by atoms with Gasteiger partial charge in [-0.05, 0) is 32.6 Å². The van der Waals surface area contributed by atoms with Crippen molar-refractivity contribution in [3.05, 3.63) is 33.6 Å². The Morgan fingerprint density at radius 3 is 2.39 bits per heavy atom. The number of hydrogen-bond donors (Lipinski definition) is 3. The predicted molar refractivity (Wildman–Crippen MR) is 102 cm³/mol. The molecule has 2 aliphatic rings. The zero-order chi connectivity index (χ0) is 20.4. The first kappa shape index (κ1) is 18.7. The minimum Gasteiger partial charge on any atom is -0.477 e. The van der Waals surface area contributed by atoms with Gasteiger partial charge in [-0.25, -0.2) is 13.6 Å². The molecule has 5 N–H and O–H groups in total. The van der Waals surface area contributed by atoms with Crippen LogP contribution in [0.25, 0.3) is 10.9 Å². The highest BCUT2D eigenvalue weighted by Crippen LogP contribution is 2.42. The van der Waals surface area contributed by atoms with Gasteiger partial charge in [0, 0.05) is 30.9 Å². The van der Waals surface area contributed by atoms with Gasteiger partial charge >= 0.3 is 5.97 Å². The van der Waals surface area contributed by atoms with Gasteiger partial charge in [0.15, 0.2) is 11.6 Å². The second-order valence-electron chi connectivity index (χ2n) is 8.07. The minimum atomic E-state index is -1.45. The van der Waals surface area contributed by atoms with Gasteiger partial charge in [-0.15, -0.1) is 0 Å². The molecule has 150 valence electrons. The average molecular weight is 392 g/mol. The molecule has 2 aromatic rings. The molecule has 0 bridgehead atoms. The van der Waals surface area contributed by atoms with Gasteiger partial charge in [-0.3, -0.25) is 4.79 Å². The number of carboxylic acids is 1. The molecule has 1 saturated heterocycles. The van der Waals surface area contributed by atoms with Crippen LogP contribution in [0.5, 0.6) is 0 Å². The van der Waals surface area contributed by atoms with Gasteiger partial charge in [-0.1, -0.05) is 0 Å². The summed E-state index contributed by atoms with van der Waals surface area (Å²) < 4.78 is 32.1. The van der Waals surface area contributed by atoms with Crippen molar-refractivity contribution < 1.29 is 18.7 Å². The summed E-state index contributed by atoms with van der Waals surface area (Å²) in [5.41, 5.74) is 9.16. The fraction of sp³-hybridized carbons (Fsp3) is 0.474. The van der Waals surface area contributed by atoms with Crippen molar-refractivity contribution in [2.45, 2.75) is 44.2 Å². The zero-order valence-electron chi connectivity index (χ0n) is 15.5. The van der Waals surface area contributed by atoms with Gasteiger partial charge in [0.2, 0.25) is 5.43 Å². The highest BCUT2D eigenvalue weighted by atomic mass is 19.1. The lowest BCUT2D eigenvalue weighted by Crippen LogP contribution is -2.48. The Morgan fingerprint density at radius 1 is 1.25 bits per heavy atom. The molecule has 1 aliphatic carbocycles. The maximum Gasteiger partial charge on any atom is 0.341 e. The van der Waals surface area contributed by atoms with Gasteiger partial charge in [-0.2, -0.15) is 0 Å². The quantitative estimate of drug-likeness (QED) is 0.690. The van der Waals surface area contributed by atoms with Crippen LogP contribution in [0, 0.1) is 11.6 Å². The molecule has 9 heteroatoms. The van der Waals surface area contributed by atoms with Gasteiger partial charge in [0.05, 0.1) is 16.6 Å². The number of benzene rings is 1. The number of carboxylic acid groups (broad SMARTS) is 1. The van der Waals surface area contributed by atoms with E-state index >= 15 is 8.78 Å². The molecule has 7 nitrogen and oxygen atoms in total. The number of pyridine rings is 1. The maximum absolute atomic E-state index is 15.6. The van der Waals surface area contributed by atoms with Crippen LogP contribution in [0.3, 0.4) is 0 Å². The van der Waals surface area contributed by atoms with E-state index in [4.69, 9.17) is 11.5 Å². The van der Waals surface area contributed by atoms with Crippen LogP contribution >= 0.6 is 0 Å². The first-order valence-electron chi connectivity index (χ1n) is 9.25. The second kappa shape index (κ2) is 6.16. The molecule has 4 rings (SSSR count). The maximum atomic E-state index is 15.6. The van der Waals surface area contributed by atoms with Crippen LogP contribution in [-0.4, -0.2) is 34.3 Å². The number of fused-ring (bicyclic) bond motifs is 1. The Bertz CT molecular complexity index is 1050. The third-order valence-electron chi connectivity index (χ3n) is 5.76. The second-order valence-corrected chi connectivity index (χ2v) is 8.07. The molecule has 0 radical (unpaired) electrons. The number of halogens is 2. The van der Waals surface area contributed by atoms with Gasteiger partial charge < -0.3 is 26.0 Å². The molecule has 1 aromatic heterocycles. The number of aromatic nitrogens is 1. The number of hydrogen-bond acceptors (Lipinski definition) is 5. The van der Waals surface area contributed by atoms with E-state index < -0.39 is 45.2 Å². The number of rotatable bonds is 3. The molecule has 1 saturated carbocycles. The van der Waals surface area contributed by atoms with E-state index in [0.29, 0.717) is 25.9 Å². The molecule has 2 fully saturated rings.